The number of hydrogen-bond donors (Lipinski definition) is 2. The van der Waals surface area contributed by atoms with E-state index in [2.05, 4.69) is 36.0 Å². The molecular weight excluding hydrogens is 526 g/mol. The number of amides is 2. The highest BCUT2D eigenvalue weighted by Gasteiger charge is 2.11. The predicted octanol–water partition coefficient (Wildman–Crippen LogP) is 3.64. The second-order valence-corrected chi connectivity index (χ2v) is 10.4. The Morgan fingerprint density at radius 2 is 1.37 bits per heavy atom. The van der Waals surface area contributed by atoms with Gasteiger partial charge in [-0.05, 0) is 42.2 Å². The van der Waals surface area contributed by atoms with Crippen molar-refractivity contribution in [1.82, 2.24) is 25.4 Å². The van der Waals surface area contributed by atoms with Crippen molar-refractivity contribution in [3.05, 3.63) is 69.9 Å². The summed E-state index contributed by atoms with van der Waals surface area (Å²) in [5.74, 6) is -0.314. The minimum Gasteiger partial charge on any atom is -0.427 e. The first-order valence-electron chi connectivity index (χ1n) is 11.8. The monoisotopic (exact) mass is 551 g/mol. The number of anilines is 2. The van der Waals surface area contributed by atoms with E-state index >= 15 is 0 Å². The first-order valence-corrected chi connectivity index (χ1v) is 13.5. The number of rotatable bonds is 12. The topological polar surface area (TPSA) is 149 Å². The van der Waals surface area contributed by atoms with E-state index in [1.807, 2.05) is 6.07 Å². The van der Waals surface area contributed by atoms with Gasteiger partial charge >= 0.3 is 5.97 Å². The minimum atomic E-state index is -0.393. The van der Waals surface area contributed by atoms with E-state index in [-0.39, 0.29) is 24.7 Å². The van der Waals surface area contributed by atoms with Crippen LogP contribution in [0.25, 0.3) is 0 Å². The van der Waals surface area contributed by atoms with Gasteiger partial charge in [0.1, 0.15) is 15.8 Å². The Kier molecular flexibility index (Phi) is 9.54. The van der Waals surface area contributed by atoms with Gasteiger partial charge in [-0.25, -0.2) is 0 Å². The van der Waals surface area contributed by atoms with Crippen molar-refractivity contribution in [2.45, 2.75) is 45.4 Å². The van der Waals surface area contributed by atoms with Crippen molar-refractivity contribution >= 4 is 50.7 Å². The van der Waals surface area contributed by atoms with Crippen LogP contribution in [-0.2, 0) is 40.1 Å². The van der Waals surface area contributed by atoms with Gasteiger partial charge in [0.25, 0.3) is 0 Å². The molecule has 0 aliphatic carbocycles. The van der Waals surface area contributed by atoms with Gasteiger partial charge in [-0.1, -0.05) is 40.9 Å². The summed E-state index contributed by atoms with van der Waals surface area (Å²) in [4.78, 5) is 39.5. The van der Waals surface area contributed by atoms with Crippen LogP contribution in [0.4, 0.5) is 10.3 Å². The Labute approximate surface area is 226 Å². The molecule has 0 aliphatic heterocycles. The highest BCUT2D eigenvalue weighted by molar-refractivity contribution is 7.15. The molecule has 2 N–H and O–H groups in total. The Morgan fingerprint density at radius 1 is 0.789 bits per heavy atom. The number of ether oxygens (including phenoxy) is 1. The number of aromatic nitrogens is 5. The average Bonchev–Trinajstić information content (AvgIpc) is 3.52. The highest BCUT2D eigenvalue weighted by Crippen LogP contribution is 2.21. The standard InChI is InChI=1S/C25H25N7O4S2/c1-16(33)36-19-10-8-17(9-11-19)13-20(34)27-24-31-29-22(37-24)6-2-3-7-23-30-32-25(38-23)28-21(35)14-18-5-4-12-26-15-18/h4-5,8-12,15H,2-3,6-7,13-14H2,1H3,(H,27,31,34)(H,28,32,35). The molecule has 11 nitrogen and oxygen atoms in total. The molecule has 0 spiro atoms. The van der Waals surface area contributed by atoms with Crippen LogP contribution in [0.5, 0.6) is 5.75 Å². The second kappa shape index (κ2) is 13.4. The van der Waals surface area contributed by atoms with Gasteiger partial charge in [-0.2, -0.15) is 0 Å². The van der Waals surface area contributed by atoms with Crippen molar-refractivity contribution in [3.8, 4) is 5.75 Å². The number of esters is 1. The summed E-state index contributed by atoms with van der Waals surface area (Å²) < 4.78 is 4.99. The Balaban J connectivity index is 1.14. The van der Waals surface area contributed by atoms with Crippen LogP contribution in [0.2, 0.25) is 0 Å². The zero-order valence-electron chi connectivity index (χ0n) is 20.5. The lowest BCUT2D eigenvalue weighted by Gasteiger charge is -2.04. The summed E-state index contributed by atoms with van der Waals surface area (Å²) in [6.07, 6.45) is 6.96. The van der Waals surface area contributed by atoms with Gasteiger partial charge in [0.15, 0.2) is 0 Å². The van der Waals surface area contributed by atoms with Crippen LogP contribution in [0, 0.1) is 0 Å². The molecule has 4 aromatic rings. The van der Waals surface area contributed by atoms with Crippen molar-refractivity contribution in [2.75, 3.05) is 10.6 Å². The van der Waals surface area contributed by atoms with Crippen molar-refractivity contribution in [1.29, 1.82) is 0 Å². The fourth-order valence-corrected chi connectivity index (χ4v) is 5.00. The van der Waals surface area contributed by atoms with Crippen LogP contribution in [0.15, 0.2) is 48.8 Å². The third kappa shape index (κ3) is 8.78. The van der Waals surface area contributed by atoms with Crippen LogP contribution < -0.4 is 15.4 Å². The Bertz CT molecular complexity index is 1370. The van der Waals surface area contributed by atoms with E-state index in [1.54, 1.807) is 42.7 Å². The fourth-order valence-electron chi connectivity index (χ4n) is 3.40. The first kappa shape index (κ1) is 26.9. The normalized spacial score (nSPS) is 10.7. The second-order valence-electron chi connectivity index (χ2n) is 8.26. The number of nitrogens with one attached hydrogen (secondary N) is 2. The minimum absolute atomic E-state index is 0.156. The third-order valence-electron chi connectivity index (χ3n) is 5.09. The molecule has 13 heteroatoms. The summed E-state index contributed by atoms with van der Waals surface area (Å²) in [5.41, 5.74) is 1.62. The van der Waals surface area contributed by atoms with E-state index < -0.39 is 5.97 Å². The predicted molar refractivity (Wildman–Crippen MR) is 143 cm³/mol. The molecule has 3 aromatic heterocycles. The molecule has 0 saturated heterocycles. The number of carbonyl (C=O) groups excluding carboxylic acids is 3. The molecule has 196 valence electrons. The van der Waals surface area contributed by atoms with Gasteiger partial charge < -0.3 is 15.4 Å². The maximum atomic E-state index is 12.3. The molecule has 0 bridgehead atoms. The molecule has 2 amide bonds. The number of pyridine rings is 1. The molecule has 0 unspecified atom stereocenters. The van der Waals surface area contributed by atoms with Gasteiger partial charge in [0.2, 0.25) is 22.1 Å². The van der Waals surface area contributed by atoms with Crippen molar-refractivity contribution < 1.29 is 19.1 Å². The summed E-state index contributed by atoms with van der Waals surface area (Å²) in [5, 5.41) is 24.6. The molecule has 3 heterocycles. The SMILES string of the molecule is CC(=O)Oc1ccc(CC(=O)Nc2nnc(CCCCc3nnc(NC(=O)Cc4cccnc4)s3)s2)cc1. The van der Waals surface area contributed by atoms with E-state index in [0.29, 0.717) is 16.0 Å². The summed E-state index contributed by atoms with van der Waals surface area (Å²) in [7, 11) is 0. The zero-order valence-corrected chi connectivity index (χ0v) is 22.2. The molecule has 0 saturated carbocycles. The fraction of sp³-hybridized carbons (Fsp3) is 0.280. The lowest BCUT2D eigenvalue weighted by atomic mass is 10.1. The molecule has 0 atom stereocenters. The largest absolute Gasteiger partial charge is 0.427 e. The molecule has 4 rings (SSSR count). The van der Waals surface area contributed by atoms with Gasteiger partial charge in [-0.15, -0.1) is 20.4 Å². The number of hydrogen-bond acceptors (Lipinski definition) is 11. The third-order valence-corrected chi connectivity index (χ3v) is 6.89. The van der Waals surface area contributed by atoms with Gasteiger partial charge in [-0.3, -0.25) is 19.4 Å². The summed E-state index contributed by atoms with van der Waals surface area (Å²) in [6, 6.07) is 10.4. The molecule has 0 radical (unpaired) electrons. The number of benzene rings is 1. The number of unbranched alkanes of at least 4 members (excludes halogenated alkanes) is 1. The van der Waals surface area contributed by atoms with Crippen LogP contribution >= 0.6 is 22.7 Å². The lowest BCUT2D eigenvalue weighted by molar-refractivity contribution is -0.132. The molecule has 0 fully saturated rings. The molecule has 0 aliphatic rings. The van der Waals surface area contributed by atoms with Crippen LogP contribution in [-0.4, -0.2) is 43.2 Å². The maximum Gasteiger partial charge on any atom is 0.308 e. The van der Waals surface area contributed by atoms with Crippen molar-refractivity contribution in [2.24, 2.45) is 0 Å². The highest BCUT2D eigenvalue weighted by atomic mass is 32.1. The van der Waals surface area contributed by atoms with Crippen LogP contribution in [0.1, 0.15) is 40.9 Å². The first-order chi connectivity index (χ1) is 18.4. The van der Waals surface area contributed by atoms with E-state index in [1.165, 1.54) is 29.6 Å². The van der Waals surface area contributed by atoms with Gasteiger partial charge in [0.05, 0.1) is 12.8 Å². The van der Waals surface area contributed by atoms with E-state index in [0.717, 1.165) is 46.8 Å². The molecular formula is C25H25N7O4S2. The number of carbonyl (C=O) groups is 3. The van der Waals surface area contributed by atoms with Gasteiger partial charge in [0, 0.05) is 32.2 Å². The smallest absolute Gasteiger partial charge is 0.308 e. The molecule has 38 heavy (non-hydrogen) atoms. The summed E-state index contributed by atoms with van der Waals surface area (Å²) in [6.45, 7) is 1.33. The van der Waals surface area contributed by atoms with E-state index in [9.17, 15) is 14.4 Å². The average molecular weight is 552 g/mol. The van der Waals surface area contributed by atoms with Crippen molar-refractivity contribution in [3.63, 3.8) is 0 Å². The van der Waals surface area contributed by atoms with Crippen LogP contribution in [0.3, 0.4) is 0 Å². The quantitative estimate of drug-likeness (QED) is 0.153. The number of nitrogens with zero attached hydrogens (tertiary/aromatic N) is 5. The zero-order chi connectivity index (χ0) is 26.7. The molecule has 1 aromatic carbocycles. The maximum absolute atomic E-state index is 12.3. The Morgan fingerprint density at radius 3 is 1.89 bits per heavy atom. The number of aryl methyl sites for hydroxylation is 2. The lowest BCUT2D eigenvalue weighted by Crippen LogP contribution is -2.14. The Hall–Kier alpha value is -4.10. The summed E-state index contributed by atoms with van der Waals surface area (Å²) >= 11 is 2.72. The van der Waals surface area contributed by atoms with E-state index in [4.69, 9.17) is 4.74 Å².